The lowest BCUT2D eigenvalue weighted by Crippen LogP contribution is -2.41. The Morgan fingerprint density at radius 1 is 1.33 bits per heavy atom. The van der Waals surface area contributed by atoms with E-state index in [1.54, 1.807) is 0 Å². The first-order valence-corrected chi connectivity index (χ1v) is 7.65. The second-order valence-electron chi connectivity index (χ2n) is 5.22. The van der Waals surface area contributed by atoms with Gasteiger partial charge in [-0.25, -0.2) is 0 Å². The van der Waals surface area contributed by atoms with Crippen molar-refractivity contribution in [2.75, 3.05) is 6.54 Å². The SMILES string of the molecule is CCC(O)CCNC1CC(c2ccc(Br)cc2)C1. The van der Waals surface area contributed by atoms with Crippen LogP contribution in [0.3, 0.4) is 0 Å². The fourth-order valence-electron chi connectivity index (χ4n) is 2.45. The highest BCUT2D eigenvalue weighted by Crippen LogP contribution is 2.37. The molecule has 0 aromatic heterocycles. The molecule has 1 atom stereocenters. The minimum absolute atomic E-state index is 0.139. The Morgan fingerprint density at radius 3 is 2.61 bits per heavy atom. The van der Waals surface area contributed by atoms with Crippen LogP contribution in [0.25, 0.3) is 0 Å². The Kier molecular flexibility index (Phi) is 5.22. The zero-order valence-electron chi connectivity index (χ0n) is 10.9. The molecule has 0 spiro atoms. The molecule has 3 heteroatoms. The average Bonchev–Trinajstić information content (AvgIpc) is 2.33. The molecule has 0 heterocycles. The summed E-state index contributed by atoms with van der Waals surface area (Å²) in [5.74, 6) is 0.715. The van der Waals surface area contributed by atoms with Gasteiger partial charge in [-0.2, -0.15) is 0 Å². The van der Waals surface area contributed by atoms with Crippen LogP contribution in [0.5, 0.6) is 0 Å². The van der Waals surface area contributed by atoms with Crippen molar-refractivity contribution in [1.29, 1.82) is 0 Å². The van der Waals surface area contributed by atoms with Gasteiger partial charge in [-0.1, -0.05) is 35.0 Å². The van der Waals surface area contributed by atoms with Gasteiger partial charge in [-0.05, 0) is 55.8 Å². The van der Waals surface area contributed by atoms with Crippen LogP contribution < -0.4 is 5.32 Å². The average molecular weight is 312 g/mol. The number of aliphatic hydroxyl groups is 1. The van der Waals surface area contributed by atoms with Crippen LogP contribution >= 0.6 is 15.9 Å². The number of rotatable bonds is 6. The van der Waals surface area contributed by atoms with Gasteiger partial charge < -0.3 is 10.4 Å². The highest BCUT2D eigenvalue weighted by molar-refractivity contribution is 9.10. The van der Waals surface area contributed by atoms with E-state index in [-0.39, 0.29) is 6.10 Å². The van der Waals surface area contributed by atoms with E-state index in [9.17, 15) is 5.11 Å². The third-order valence-corrected chi connectivity index (χ3v) is 4.39. The molecule has 1 fully saturated rings. The standard InChI is InChI=1S/C15H22BrNO/c1-2-15(18)7-8-17-14-9-12(10-14)11-3-5-13(16)6-4-11/h3-6,12,14-15,17-18H,2,7-10H2,1H3. The summed E-state index contributed by atoms with van der Waals surface area (Å²) in [5, 5.41) is 13.0. The van der Waals surface area contributed by atoms with Crippen molar-refractivity contribution >= 4 is 15.9 Å². The number of hydrogen-bond acceptors (Lipinski definition) is 2. The highest BCUT2D eigenvalue weighted by Gasteiger charge is 2.29. The summed E-state index contributed by atoms with van der Waals surface area (Å²) in [6.07, 6.45) is 4.04. The van der Waals surface area contributed by atoms with Gasteiger partial charge in [-0.3, -0.25) is 0 Å². The van der Waals surface area contributed by atoms with E-state index in [0.29, 0.717) is 12.0 Å². The van der Waals surface area contributed by atoms with Crippen LogP contribution in [0.4, 0.5) is 0 Å². The molecule has 2 rings (SSSR count). The molecule has 2 nitrogen and oxygen atoms in total. The Hall–Kier alpha value is -0.380. The van der Waals surface area contributed by atoms with Gasteiger partial charge in [0, 0.05) is 10.5 Å². The number of halogens is 1. The van der Waals surface area contributed by atoms with E-state index in [1.807, 2.05) is 6.92 Å². The van der Waals surface area contributed by atoms with Crippen molar-refractivity contribution in [2.24, 2.45) is 0 Å². The molecular formula is C15H22BrNO. The molecule has 1 aromatic rings. The Morgan fingerprint density at radius 2 is 2.00 bits per heavy atom. The van der Waals surface area contributed by atoms with Gasteiger partial charge in [0.15, 0.2) is 0 Å². The van der Waals surface area contributed by atoms with E-state index < -0.39 is 0 Å². The van der Waals surface area contributed by atoms with E-state index >= 15 is 0 Å². The van der Waals surface area contributed by atoms with Crippen LogP contribution in [0, 0.1) is 0 Å². The van der Waals surface area contributed by atoms with Gasteiger partial charge in [0.2, 0.25) is 0 Å². The van der Waals surface area contributed by atoms with Crippen molar-refractivity contribution < 1.29 is 5.11 Å². The van der Waals surface area contributed by atoms with Crippen LogP contribution in [0.1, 0.15) is 44.1 Å². The monoisotopic (exact) mass is 311 g/mol. The fourth-order valence-corrected chi connectivity index (χ4v) is 2.71. The summed E-state index contributed by atoms with van der Waals surface area (Å²) in [4.78, 5) is 0. The maximum absolute atomic E-state index is 9.47. The first-order chi connectivity index (χ1) is 8.69. The van der Waals surface area contributed by atoms with Gasteiger partial charge in [0.05, 0.1) is 6.10 Å². The third kappa shape index (κ3) is 3.81. The minimum Gasteiger partial charge on any atom is -0.393 e. The number of aliphatic hydroxyl groups excluding tert-OH is 1. The summed E-state index contributed by atoms with van der Waals surface area (Å²) in [5.41, 5.74) is 1.45. The summed E-state index contributed by atoms with van der Waals surface area (Å²) in [6, 6.07) is 9.31. The first kappa shape index (κ1) is 14.0. The quantitative estimate of drug-likeness (QED) is 0.843. The molecule has 1 aromatic carbocycles. The Bertz CT molecular complexity index is 359. The zero-order valence-corrected chi connectivity index (χ0v) is 12.5. The largest absolute Gasteiger partial charge is 0.393 e. The number of nitrogens with one attached hydrogen (secondary N) is 1. The topological polar surface area (TPSA) is 32.3 Å². The number of benzene rings is 1. The van der Waals surface area contributed by atoms with Crippen molar-refractivity contribution in [2.45, 2.75) is 50.7 Å². The van der Waals surface area contributed by atoms with Gasteiger partial charge >= 0.3 is 0 Å². The molecule has 2 N–H and O–H groups in total. The van der Waals surface area contributed by atoms with E-state index in [1.165, 1.54) is 18.4 Å². The van der Waals surface area contributed by atoms with Crippen LogP contribution in [-0.4, -0.2) is 23.8 Å². The van der Waals surface area contributed by atoms with Crippen molar-refractivity contribution in [3.05, 3.63) is 34.3 Å². The molecule has 0 radical (unpaired) electrons. The molecule has 0 amide bonds. The molecular weight excluding hydrogens is 290 g/mol. The molecule has 1 aliphatic rings. The highest BCUT2D eigenvalue weighted by atomic mass is 79.9. The van der Waals surface area contributed by atoms with E-state index in [4.69, 9.17) is 0 Å². The lowest BCUT2D eigenvalue weighted by Gasteiger charge is -2.36. The molecule has 0 aliphatic heterocycles. The van der Waals surface area contributed by atoms with Crippen molar-refractivity contribution in [1.82, 2.24) is 5.32 Å². The first-order valence-electron chi connectivity index (χ1n) is 6.86. The lowest BCUT2D eigenvalue weighted by atomic mass is 9.76. The van der Waals surface area contributed by atoms with Crippen molar-refractivity contribution in [3.8, 4) is 0 Å². The second kappa shape index (κ2) is 6.69. The molecule has 0 saturated heterocycles. The molecule has 1 saturated carbocycles. The zero-order chi connectivity index (χ0) is 13.0. The maximum Gasteiger partial charge on any atom is 0.0549 e. The van der Waals surface area contributed by atoms with Crippen LogP contribution in [0.2, 0.25) is 0 Å². The van der Waals surface area contributed by atoms with Gasteiger partial charge in [0.25, 0.3) is 0 Å². The summed E-state index contributed by atoms with van der Waals surface area (Å²) in [7, 11) is 0. The minimum atomic E-state index is -0.139. The lowest BCUT2D eigenvalue weighted by molar-refractivity contribution is 0.155. The molecule has 18 heavy (non-hydrogen) atoms. The maximum atomic E-state index is 9.47. The van der Waals surface area contributed by atoms with Crippen LogP contribution in [-0.2, 0) is 0 Å². The second-order valence-corrected chi connectivity index (χ2v) is 6.14. The molecule has 1 unspecified atom stereocenters. The number of hydrogen-bond donors (Lipinski definition) is 2. The molecule has 0 bridgehead atoms. The molecule has 1 aliphatic carbocycles. The van der Waals surface area contributed by atoms with E-state index in [0.717, 1.165) is 23.9 Å². The Labute approximate surface area is 118 Å². The van der Waals surface area contributed by atoms with Crippen molar-refractivity contribution in [3.63, 3.8) is 0 Å². The fraction of sp³-hybridized carbons (Fsp3) is 0.600. The summed E-state index contributed by atoms with van der Waals surface area (Å²) >= 11 is 3.46. The Balaban J connectivity index is 1.66. The van der Waals surface area contributed by atoms with E-state index in [2.05, 4.69) is 45.5 Å². The summed E-state index contributed by atoms with van der Waals surface area (Å²) in [6.45, 7) is 2.96. The smallest absolute Gasteiger partial charge is 0.0549 e. The summed E-state index contributed by atoms with van der Waals surface area (Å²) < 4.78 is 1.15. The normalized spacial score (nSPS) is 24.6. The predicted molar refractivity (Wildman–Crippen MR) is 78.8 cm³/mol. The van der Waals surface area contributed by atoms with Gasteiger partial charge in [0.1, 0.15) is 0 Å². The van der Waals surface area contributed by atoms with Gasteiger partial charge in [-0.15, -0.1) is 0 Å². The third-order valence-electron chi connectivity index (χ3n) is 3.86. The van der Waals surface area contributed by atoms with Crippen LogP contribution in [0.15, 0.2) is 28.7 Å². The predicted octanol–water partition coefficient (Wildman–Crippen LogP) is 3.45. The molecule has 100 valence electrons.